The Morgan fingerprint density at radius 2 is 2.13 bits per heavy atom. The van der Waals surface area contributed by atoms with E-state index in [9.17, 15) is 13.6 Å². The molecule has 0 aliphatic rings. The zero-order valence-electron chi connectivity index (χ0n) is 8.55. The lowest BCUT2D eigenvalue weighted by atomic mass is 10.3. The second-order valence-corrected chi connectivity index (χ2v) is 3.00. The van der Waals surface area contributed by atoms with E-state index in [1.54, 1.807) is 0 Å². The molecule has 0 aromatic heterocycles. The maximum atomic E-state index is 11.6. The molecule has 0 rings (SSSR count). The quantitative estimate of drug-likeness (QED) is 0.563. The van der Waals surface area contributed by atoms with Crippen molar-refractivity contribution >= 4 is 5.91 Å². The highest BCUT2D eigenvalue weighted by Crippen LogP contribution is 1.93. The Morgan fingerprint density at radius 1 is 1.40 bits per heavy atom. The van der Waals surface area contributed by atoms with Gasteiger partial charge in [-0.05, 0) is 12.8 Å². The van der Waals surface area contributed by atoms with Crippen molar-refractivity contribution in [1.29, 1.82) is 0 Å². The van der Waals surface area contributed by atoms with E-state index in [1.807, 2.05) is 0 Å². The van der Waals surface area contributed by atoms with E-state index < -0.39 is 13.0 Å². The number of alkyl halides is 2. The van der Waals surface area contributed by atoms with E-state index in [0.29, 0.717) is 19.4 Å². The molecule has 0 aromatic rings. The van der Waals surface area contributed by atoms with Gasteiger partial charge in [0.2, 0.25) is 5.91 Å². The van der Waals surface area contributed by atoms with Gasteiger partial charge in [-0.3, -0.25) is 4.79 Å². The van der Waals surface area contributed by atoms with Gasteiger partial charge >= 0.3 is 0 Å². The highest BCUT2D eigenvalue weighted by Gasteiger charge is 2.04. The Morgan fingerprint density at radius 3 is 2.73 bits per heavy atom. The molecule has 0 heterocycles. The minimum absolute atomic E-state index is 0.0101. The zero-order chi connectivity index (χ0) is 11.5. The van der Waals surface area contributed by atoms with Gasteiger partial charge in [0.1, 0.15) is 6.61 Å². The number of hydrogen-bond acceptors (Lipinski definition) is 3. The number of carbonyl (C=O) groups is 1. The Labute approximate surface area is 87.6 Å². The van der Waals surface area contributed by atoms with Gasteiger partial charge in [0.25, 0.3) is 6.43 Å². The summed E-state index contributed by atoms with van der Waals surface area (Å²) in [5.41, 5.74) is 0. The van der Waals surface area contributed by atoms with Crippen LogP contribution in [0.15, 0.2) is 0 Å². The van der Waals surface area contributed by atoms with Crippen LogP contribution in [0.5, 0.6) is 0 Å². The molecule has 4 nitrogen and oxygen atoms in total. The molecule has 90 valence electrons. The molecule has 0 aliphatic carbocycles. The first-order chi connectivity index (χ1) is 7.16. The van der Waals surface area contributed by atoms with Crippen molar-refractivity contribution in [1.82, 2.24) is 5.32 Å². The van der Waals surface area contributed by atoms with Crippen molar-refractivity contribution in [3.8, 4) is 0 Å². The minimum Gasteiger partial charge on any atom is -0.396 e. The number of aliphatic hydroxyl groups excluding tert-OH is 1. The van der Waals surface area contributed by atoms with E-state index in [1.165, 1.54) is 0 Å². The van der Waals surface area contributed by atoms with Crippen LogP contribution in [0.2, 0.25) is 0 Å². The first-order valence-electron chi connectivity index (χ1n) is 4.90. The topological polar surface area (TPSA) is 58.6 Å². The SMILES string of the molecule is O=C(CCOCC(F)F)NCCCCO. The smallest absolute Gasteiger partial charge is 0.261 e. The first kappa shape index (κ1) is 14.2. The predicted octanol–water partition coefficient (Wildman–Crippen LogP) is 0.547. The maximum absolute atomic E-state index is 11.6. The molecule has 0 bridgehead atoms. The van der Waals surface area contributed by atoms with Crippen LogP contribution in [-0.2, 0) is 9.53 Å². The van der Waals surface area contributed by atoms with Crippen LogP contribution in [0.4, 0.5) is 8.78 Å². The number of rotatable bonds is 9. The second kappa shape index (κ2) is 9.79. The van der Waals surface area contributed by atoms with Gasteiger partial charge in [0, 0.05) is 19.6 Å². The maximum Gasteiger partial charge on any atom is 0.261 e. The average Bonchev–Trinajstić information content (AvgIpc) is 2.19. The Kier molecular flexibility index (Phi) is 9.30. The lowest BCUT2D eigenvalue weighted by Crippen LogP contribution is -2.25. The summed E-state index contributed by atoms with van der Waals surface area (Å²) in [5.74, 6) is -0.220. The number of amides is 1. The highest BCUT2D eigenvalue weighted by atomic mass is 19.3. The van der Waals surface area contributed by atoms with E-state index in [4.69, 9.17) is 5.11 Å². The normalized spacial score (nSPS) is 10.7. The van der Waals surface area contributed by atoms with Crippen molar-refractivity contribution in [2.45, 2.75) is 25.7 Å². The number of halogens is 2. The van der Waals surface area contributed by atoms with Crippen LogP contribution >= 0.6 is 0 Å². The van der Waals surface area contributed by atoms with Crippen molar-refractivity contribution in [2.75, 3.05) is 26.4 Å². The predicted molar refractivity (Wildman–Crippen MR) is 50.8 cm³/mol. The average molecular weight is 225 g/mol. The fourth-order valence-corrected chi connectivity index (χ4v) is 0.890. The summed E-state index contributed by atoms with van der Waals surface area (Å²) < 4.78 is 27.7. The number of nitrogens with one attached hydrogen (secondary N) is 1. The van der Waals surface area contributed by atoms with Gasteiger partial charge in [-0.2, -0.15) is 0 Å². The molecule has 0 spiro atoms. The van der Waals surface area contributed by atoms with Crippen LogP contribution in [0.1, 0.15) is 19.3 Å². The molecular weight excluding hydrogens is 208 g/mol. The third-order valence-corrected chi connectivity index (χ3v) is 1.62. The third-order valence-electron chi connectivity index (χ3n) is 1.62. The van der Waals surface area contributed by atoms with E-state index in [2.05, 4.69) is 10.1 Å². The summed E-state index contributed by atoms with van der Waals surface area (Å²) in [6.45, 7) is -0.0183. The number of ether oxygens (including phenoxy) is 1. The van der Waals surface area contributed by atoms with E-state index >= 15 is 0 Å². The Hall–Kier alpha value is -0.750. The summed E-state index contributed by atoms with van der Waals surface area (Å²) in [6, 6.07) is 0. The van der Waals surface area contributed by atoms with Crippen LogP contribution in [0, 0.1) is 0 Å². The summed E-state index contributed by atoms with van der Waals surface area (Å²) in [5, 5.41) is 11.0. The van der Waals surface area contributed by atoms with Crippen LogP contribution in [-0.4, -0.2) is 43.8 Å². The fraction of sp³-hybridized carbons (Fsp3) is 0.889. The highest BCUT2D eigenvalue weighted by molar-refractivity contribution is 5.75. The largest absolute Gasteiger partial charge is 0.396 e. The zero-order valence-corrected chi connectivity index (χ0v) is 8.55. The molecule has 6 heteroatoms. The molecule has 0 radical (unpaired) electrons. The molecule has 1 amide bonds. The number of hydrogen-bond donors (Lipinski definition) is 2. The van der Waals surface area contributed by atoms with Crippen molar-refractivity contribution < 1.29 is 23.4 Å². The van der Waals surface area contributed by atoms with Gasteiger partial charge in [-0.1, -0.05) is 0 Å². The monoisotopic (exact) mass is 225 g/mol. The molecule has 0 fully saturated rings. The Bertz CT molecular complexity index is 167. The summed E-state index contributed by atoms with van der Waals surface area (Å²) >= 11 is 0. The molecule has 0 aromatic carbocycles. The van der Waals surface area contributed by atoms with Crippen molar-refractivity contribution in [3.05, 3.63) is 0 Å². The number of aliphatic hydroxyl groups is 1. The number of carbonyl (C=O) groups excluding carboxylic acids is 1. The Balaban J connectivity index is 3.19. The molecule has 0 saturated carbocycles. The fourth-order valence-electron chi connectivity index (χ4n) is 0.890. The van der Waals surface area contributed by atoms with Gasteiger partial charge < -0.3 is 15.2 Å². The lowest BCUT2D eigenvalue weighted by Gasteiger charge is -2.05. The van der Waals surface area contributed by atoms with Gasteiger partial charge in [0.05, 0.1) is 6.61 Å². The van der Waals surface area contributed by atoms with Crippen LogP contribution in [0.25, 0.3) is 0 Å². The van der Waals surface area contributed by atoms with Crippen LogP contribution < -0.4 is 5.32 Å². The summed E-state index contributed by atoms with van der Waals surface area (Å²) in [7, 11) is 0. The van der Waals surface area contributed by atoms with E-state index in [-0.39, 0.29) is 25.5 Å². The molecule has 0 aliphatic heterocycles. The second-order valence-electron chi connectivity index (χ2n) is 3.00. The number of unbranched alkanes of at least 4 members (excludes halogenated alkanes) is 1. The molecular formula is C9H17F2NO3. The summed E-state index contributed by atoms with van der Waals surface area (Å²) in [4.78, 5) is 11.0. The standard InChI is InChI=1S/C9H17F2NO3/c10-8(11)7-15-6-3-9(14)12-4-1-2-5-13/h8,13H,1-7H2,(H,12,14). The van der Waals surface area contributed by atoms with Gasteiger partial charge in [-0.15, -0.1) is 0 Å². The minimum atomic E-state index is -2.49. The van der Waals surface area contributed by atoms with Gasteiger partial charge in [-0.25, -0.2) is 8.78 Å². The third kappa shape index (κ3) is 11.2. The molecule has 0 unspecified atom stereocenters. The summed E-state index contributed by atoms with van der Waals surface area (Å²) in [6.07, 6.45) is -1.05. The van der Waals surface area contributed by atoms with E-state index in [0.717, 1.165) is 0 Å². The first-order valence-corrected chi connectivity index (χ1v) is 4.90. The van der Waals surface area contributed by atoms with Crippen molar-refractivity contribution in [3.63, 3.8) is 0 Å². The van der Waals surface area contributed by atoms with Gasteiger partial charge in [0.15, 0.2) is 0 Å². The molecule has 15 heavy (non-hydrogen) atoms. The van der Waals surface area contributed by atoms with Crippen molar-refractivity contribution in [2.24, 2.45) is 0 Å². The lowest BCUT2D eigenvalue weighted by molar-refractivity contribution is -0.122. The molecule has 2 N–H and O–H groups in total. The molecule has 0 atom stereocenters. The molecule has 0 saturated heterocycles. The van der Waals surface area contributed by atoms with Crippen LogP contribution in [0.3, 0.4) is 0 Å².